The molecule has 1 amide bonds. The normalized spacial score (nSPS) is 14.6. The first-order chi connectivity index (χ1) is 13.2. The molecule has 2 rings (SSSR count). The highest BCUT2D eigenvalue weighted by atomic mass is 16.7. The number of hydrogen-bond donors (Lipinski definition) is 1. The van der Waals surface area contributed by atoms with Gasteiger partial charge in [0.15, 0.2) is 11.5 Å². The van der Waals surface area contributed by atoms with Gasteiger partial charge in [-0.15, -0.1) is 0 Å². The molecule has 0 unspecified atom stereocenters. The fraction of sp³-hybridized carbons (Fsp3) is 0.632. The fourth-order valence-electron chi connectivity index (χ4n) is 2.69. The number of benzene rings is 1. The Bertz CT molecular complexity index is 563. The molecule has 0 aromatic heterocycles. The summed E-state index contributed by atoms with van der Waals surface area (Å²) >= 11 is 0. The van der Waals surface area contributed by atoms with Gasteiger partial charge in [-0.25, -0.2) is 5.48 Å². The third kappa shape index (κ3) is 6.57. The van der Waals surface area contributed by atoms with Crippen LogP contribution in [-0.2, 0) is 9.57 Å². The molecule has 27 heavy (non-hydrogen) atoms. The van der Waals surface area contributed by atoms with E-state index in [1.807, 2.05) is 20.8 Å². The van der Waals surface area contributed by atoms with E-state index >= 15 is 0 Å². The van der Waals surface area contributed by atoms with Crippen LogP contribution in [0.25, 0.3) is 0 Å². The number of carbonyl (C=O) groups is 1. The maximum atomic E-state index is 12.5. The zero-order chi connectivity index (χ0) is 19.5. The predicted octanol–water partition coefficient (Wildman–Crippen LogP) is 1.88. The SMILES string of the molecule is CCOc1cc(C(=O)NOCCN2CCOCC2)cc(OCC)c1OCC. The molecular formula is C19H30N2O6. The molecule has 1 aliphatic heterocycles. The smallest absolute Gasteiger partial charge is 0.275 e. The van der Waals surface area contributed by atoms with Crippen LogP contribution in [0.4, 0.5) is 0 Å². The van der Waals surface area contributed by atoms with Crippen molar-refractivity contribution in [1.82, 2.24) is 10.4 Å². The number of nitrogens with one attached hydrogen (secondary N) is 1. The molecule has 0 spiro atoms. The molecule has 1 aromatic carbocycles. The number of hydrogen-bond acceptors (Lipinski definition) is 7. The minimum absolute atomic E-state index is 0.359. The first kappa shape index (κ1) is 21.3. The van der Waals surface area contributed by atoms with E-state index in [1.165, 1.54) is 0 Å². The van der Waals surface area contributed by atoms with E-state index in [-0.39, 0.29) is 5.91 Å². The standard InChI is InChI=1S/C19H30N2O6/c1-4-24-16-13-15(14-17(25-5-2)18(16)26-6-3)19(22)20-27-12-9-21-7-10-23-11-8-21/h13-14H,4-12H2,1-3H3,(H,20,22). The van der Waals surface area contributed by atoms with Crippen molar-refractivity contribution in [2.45, 2.75) is 20.8 Å². The lowest BCUT2D eigenvalue weighted by atomic mass is 10.1. The van der Waals surface area contributed by atoms with Gasteiger partial charge in [-0.3, -0.25) is 14.5 Å². The van der Waals surface area contributed by atoms with Crippen molar-refractivity contribution in [3.63, 3.8) is 0 Å². The Morgan fingerprint density at radius 2 is 1.63 bits per heavy atom. The van der Waals surface area contributed by atoms with Gasteiger partial charge in [0.25, 0.3) is 5.91 Å². The molecule has 1 aromatic rings. The fourth-order valence-corrected chi connectivity index (χ4v) is 2.69. The number of rotatable bonds is 11. The van der Waals surface area contributed by atoms with E-state index in [2.05, 4.69) is 10.4 Å². The van der Waals surface area contributed by atoms with Crippen LogP contribution in [0, 0.1) is 0 Å². The molecular weight excluding hydrogens is 352 g/mol. The zero-order valence-corrected chi connectivity index (χ0v) is 16.4. The lowest BCUT2D eigenvalue weighted by Gasteiger charge is -2.26. The first-order valence-corrected chi connectivity index (χ1v) is 9.48. The molecule has 1 saturated heterocycles. The second kappa shape index (κ2) is 11.6. The molecule has 1 N–H and O–H groups in total. The van der Waals surface area contributed by atoms with Crippen LogP contribution in [0.2, 0.25) is 0 Å². The molecule has 0 atom stereocenters. The highest BCUT2D eigenvalue weighted by Gasteiger charge is 2.18. The Kier molecular flexibility index (Phi) is 9.17. The lowest BCUT2D eigenvalue weighted by Crippen LogP contribution is -2.39. The van der Waals surface area contributed by atoms with Crippen LogP contribution in [0.15, 0.2) is 12.1 Å². The summed E-state index contributed by atoms with van der Waals surface area (Å²) in [7, 11) is 0. The largest absolute Gasteiger partial charge is 0.490 e. The van der Waals surface area contributed by atoms with Crippen molar-refractivity contribution < 1.29 is 28.6 Å². The Balaban J connectivity index is 1.98. The number of hydroxylamine groups is 1. The van der Waals surface area contributed by atoms with Crippen molar-refractivity contribution in [1.29, 1.82) is 0 Å². The van der Waals surface area contributed by atoms with Gasteiger partial charge in [-0.2, -0.15) is 0 Å². The summed E-state index contributed by atoms with van der Waals surface area (Å²) in [5.74, 6) is 1.10. The summed E-state index contributed by atoms with van der Waals surface area (Å²) in [4.78, 5) is 20.0. The van der Waals surface area contributed by atoms with Gasteiger partial charge in [0.2, 0.25) is 5.75 Å². The monoisotopic (exact) mass is 382 g/mol. The van der Waals surface area contributed by atoms with Gasteiger partial charge >= 0.3 is 0 Å². The van der Waals surface area contributed by atoms with Crippen LogP contribution in [0.3, 0.4) is 0 Å². The molecule has 8 heteroatoms. The van der Waals surface area contributed by atoms with Crippen LogP contribution in [0.5, 0.6) is 17.2 Å². The van der Waals surface area contributed by atoms with E-state index in [9.17, 15) is 4.79 Å². The van der Waals surface area contributed by atoms with Gasteiger partial charge in [-0.05, 0) is 32.9 Å². The summed E-state index contributed by atoms with van der Waals surface area (Å²) in [6.45, 7) is 11.4. The highest BCUT2D eigenvalue weighted by molar-refractivity contribution is 5.95. The molecule has 1 fully saturated rings. The van der Waals surface area contributed by atoms with E-state index in [1.54, 1.807) is 12.1 Å². The van der Waals surface area contributed by atoms with E-state index < -0.39 is 0 Å². The van der Waals surface area contributed by atoms with Crippen LogP contribution >= 0.6 is 0 Å². The van der Waals surface area contributed by atoms with Crippen molar-refractivity contribution in [2.24, 2.45) is 0 Å². The average molecular weight is 382 g/mol. The van der Waals surface area contributed by atoms with Gasteiger partial charge in [0.05, 0.1) is 39.6 Å². The zero-order valence-electron chi connectivity index (χ0n) is 16.4. The summed E-state index contributed by atoms with van der Waals surface area (Å²) in [6, 6.07) is 3.27. The number of ether oxygens (including phenoxy) is 4. The Morgan fingerprint density at radius 3 is 2.19 bits per heavy atom. The molecule has 0 saturated carbocycles. The first-order valence-electron chi connectivity index (χ1n) is 9.48. The molecule has 0 bridgehead atoms. The molecule has 0 radical (unpaired) electrons. The summed E-state index contributed by atoms with van der Waals surface area (Å²) < 4.78 is 22.2. The minimum atomic E-state index is -0.359. The lowest BCUT2D eigenvalue weighted by molar-refractivity contribution is -0.00179. The Hall–Kier alpha value is -2.03. The molecule has 8 nitrogen and oxygen atoms in total. The Morgan fingerprint density at radius 1 is 1.04 bits per heavy atom. The minimum Gasteiger partial charge on any atom is -0.490 e. The number of carbonyl (C=O) groups excluding carboxylic acids is 1. The van der Waals surface area contributed by atoms with E-state index in [4.69, 9.17) is 23.8 Å². The van der Waals surface area contributed by atoms with E-state index in [0.29, 0.717) is 49.2 Å². The van der Waals surface area contributed by atoms with Gasteiger partial charge < -0.3 is 18.9 Å². The van der Waals surface area contributed by atoms with Crippen LogP contribution in [-0.4, -0.2) is 70.1 Å². The van der Waals surface area contributed by atoms with E-state index in [0.717, 1.165) is 32.8 Å². The van der Waals surface area contributed by atoms with Gasteiger partial charge in [0, 0.05) is 25.2 Å². The van der Waals surface area contributed by atoms with Crippen LogP contribution < -0.4 is 19.7 Å². The second-order valence-electron chi connectivity index (χ2n) is 5.83. The van der Waals surface area contributed by atoms with Crippen LogP contribution in [0.1, 0.15) is 31.1 Å². The average Bonchev–Trinajstić information content (AvgIpc) is 2.68. The van der Waals surface area contributed by atoms with Crippen molar-refractivity contribution in [3.8, 4) is 17.2 Å². The number of nitrogens with zero attached hydrogens (tertiary/aromatic N) is 1. The summed E-state index contributed by atoms with van der Waals surface area (Å²) in [6.07, 6.45) is 0. The highest BCUT2D eigenvalue weighted by Crippen LogP contribution is 2.39. The molecule has 1 heterocycles. The summed E-state index contributed by atoms with van der Waals surface area (Å²) in [5.41, 5.74) is 2.87. The van der Waals surface area contributed by atoms with Gasteiger partial charge in [-0.1, -0.05) is 0 Å². The quantitative estimate of drug-likeness (QED) is 0.462. The summed E-state index contributed by atoms with van der Waals surface area (Å²) in [5, 5.41) is 0. The van der Waals surface area contributed by atoms with Crippen molar-refractivity contribution in [2.75, 3.05) is 59.3 Å². The topological polar surface area (TPSA) is 78.5 Å². The molecule has 152 valence electrons. The third-order valence-corrected chi connectivity index (χ3v) is 3.95. The third-order valence-electron chi connectivity index (χ3n) is 3.95. The second-order valence-corrected chi connectivity index (χ2v) is 5.83. The molecule has 0 aliphatic carbocycles. The number of amides is 1. The maximum Gasteiger partial charge on any atom is 0.275 e. The van der Waals surface area contributed by atoms with Gasteiger partial charge in [0.1, 0.15) is 0 Å². The maximum absolute atomic E-state index is 12.5. The number of morpholine rings is 1. The van der Waals surface area contributed by atoms with Crippen molar-refractivity contribution in [3.05, 3.63) is 17.7 Å². The van der Waals surface area contributed by atoms with Crippen molar-refractivity contribution >= 4 is 5.91 Å². The predicted molar refractivity (Wildman–Crippen MR) is 101 cm³/mol. The Labute approximate surface area is 160 Å². The molecule has 1 aliphatic rings.